The Hall–Kier alpha value is -3.78. The van der Waals surface area contributed by atoms with Crippen molar-refractivity contribution in [2.45, 2.75) is 13.8 Å². The molecule has 0 amide bonds. The Bertz CT molecular complexity index is 1170. The molecule has 2 nitrogen and oxygen atoms in total. The Labute approximate surface area is 178 Å². The summed E-state index contributed by atoms with van der Waals surface area (Å²) in [6.07, 6.45) is 12.0. The predicted molar refractivity (Wildman–Crippen MR) is 128 cm³/mol. The van der Waals surface area contributed by atoms with E-state index in [1.54, 1.807) is 0 Å². The van der Waals surface area contributed by atoms with Gasteiger partial charge in [0.2, 0.25) is 0 Å². The number of benzene rings is 2. The van der Waals surface area contributed by atoms with Gasteiger partial charge in [-0.2, -0.15) is 0 Å². The SMILES string of the molecule is Cc1ccc(-c2cc(/C=C/c3ccccn3)c(C)cc2/C=C/c2ccccn2)cc1. The van der Waals surface area contributed by atoms with Crippen LogP contribution in [0.5, 0.6) is 0 Å². The van der Waals surface area contributed by atoms with Crippen molar-refractivity contribution in [1.29, 1.82) is 0 Å². The summed E-state index contributed by atoms with van der Waals surface area (Å²) in [5.74, 6) is 0. The van der Waals surface area contributed by atoms with Crippen molar-refractivity contribution in [2.24, 2.45) is 0 Å². The highest BCUT2D eigenvalue weighted by molar-refractivity contribution is 5.84. The van der Waals surface area contributed by atoms with Crippen molar-refractivity contribution in [1.82, 2.24) is 9.97 Å². The number of rotatable bonds is 5. The monoisotopic (exact) mass is 388 g/mol. The fraction of sp³-hybridized carbons (Fsp3) is 0.0714. The molecular weight excluding hydrogens is 364 g/mol. The highest BCUT2D eigenvalue weighted by atomic mass is 14.7. The molecule has 2 aromatic carbocycles. The standard InChI is InChI=1S/C28H24N2/c1-21-9-11-23(12-10-21)28-20-24(13-15-26-7-3-5-17-29-26)22(2)19-25(28)14-16-27-8-4-6-18-30-27/h3-20H,1-2H3/b15-13+,16-14+. The van der Waals surface area contributed by atoms with Crippen LogP contribution in [0.3, 0.4) is 0 Å². The number of aryl methyl sites for hydroxylation is 2. The average Bonchev–Trinajstić information content (AvgIpc) is 2.79. The summed E-state index contributed by atoms with van der Waals surface area (Å²) in [5.41, 5.74) is 9.15. The lowest BCUT2D eigenvalue weighted by Gasteiger charge is -2.12. The number of hydrogen-bond acceptors (Lipinski definition) is 2. The van der Waals surface area contributed by atoms with E-state index < -0.39 is 0 Å². The van der Waals surface area contributed by atoms with Gasteiger partial charge >= 0.3 is 0 Å². The Morgan fingerprint density at radius 2 is 1.20 bits per heavy atom. The molecule has 0 saturated carbocycles. The molecule has 0 aliphatic carbocycles. The van der Waals surface area contributed by atoms with Gasteiger partial charge in [0, 0.05) is 12.4 Å². The van der Waals surface area contributed by atoms with Gasteiger partial charge in [-0.1, -0.05) is 60.2 Å². The van der Waals surface area contributed by atoms with E-state index in [0.717, 1.165) is 11.4 Å². The van der Waals surface area contributed by atoms with E-state index in [2.05, 4.69) is 84.5 Å². The van der Waals surface area contributed by atoms with Crippen LogP contribution in [0.2, 0.25) is 0 Å². The van der Waals surface area contributed by atoms with Gasteiger partial charge in [0.15, 0.2) is 0 Å². The lowest BCUT2D eigenvalue weighted by atomic mass is 9.93. The molecule has 0 aliphatic heterocycles. The first kappa shape index (κ1) is 19.5. The maximum atomic E-state index is 4.41. The summed E-state index contributed by atoms with van der Waals surface area (Å²) < 4.78 is 0. The minimum Gasteiger partial charge on any atom is -0.257 e. The summed E-state index contributed by atoms with van der Waals surface area (Å²) in [5, 5.41) is 0. The van der Waals surface area contributed by atoms with Gasteiger partial charge in [-0.15, -0.1) is 0 Å². The second-order valence-corrected chi connectivity index (χ2v) is 7.34. The molecule has 0 N–H and O–H groups in total. The minimum atomic E-state index is 0.948. The van der Waals surface area contributed by atoms with Crippen molar-refractivity contribution in [2.75, 3.05) is 0 Å². The van der Waals surface area contributed by atoms with E-state index in [1.165, 1.54) is 33.4 Å². The van der Waals surface area contributed by atoms with Crippen molar-refractivity contribution in [3.05, 3.63) is 119 Å². The van der Waals surface area contributed by atoms with Crippen molar-refractivity contribution in [3.8, 4) is 11.1 Å². The molecule has 2 aromatic heterocycles. The van der Waals surface area contributed by atoms with Crippen LogP contribution in [-0.2, 0) is 0 Å². The maximum absolute atomic E-state index is 4.41. The highest BCUT2D eigenvalue weighted by Crippen LogP contribution is 2.30. The van der Waals surface area contributed by atoms with E-state index in [0.29, 0.717) is 0 Å². The zero-order valence-corrected chi connectivity index (χ0v) is 17.3. The zero-order chi connectivity index (χ0) is 20.8. The van der Waals surface area contributed by atoms with Crippen molar-refractivity contribution >= 4 is 24.3 Å². The molecule has 30 heavy (non-hydrogen) atoms. The number of pyridine rings is 2. The summed E-state index contributed by atoms with van der Waals surface area (Å²) in [6.45, 7) is 4.26. The predicted octanol–water partition coefficient (Wildman–Crippen LogP) is 7.10. The van der Waals surface area contributed by atoms with E-state index >= 15 is 0 Å². The topological polar surface area (TPSA) is 25.8 Å². The molecule has 0 unspecified atom stereocenters. The van der Waals surface area contributed by atoms with Crippen LogP contribution in [0, 0.1) is 13.8 Å². The van der Waals surface area contributed by atoms with Gasteiger partial charge in [-0.05, 0) is 84.1 Å². The molecule has 2 heteroatoms. The van der Waals surface area contributed by atoms with Crippen LogP contribution in [-0.4, -0.2) is 9.97 Å². The van der Waals surface area contributed by atoms with E-state index in [4.69, 9.17) is 0 Å². The van der Waals surface area contributed by atoms with Gasteiger partial charge in [0.1, 0.15) is 0 Å². The Morgan fingerprint density at radius 1 is 0.600 bits per heavy atom. The Morgan fingerprint density at radius 3 is 1.77 bits per heavy atom. The minimum absolute atomic E-state index is 0.948. The highest BCUT2D eigenvalue weighted by Gasteiger charge is 2.07. The molecule has 0 spiro atoms. The normalized spacial score (nSPS) is 11.4. The van der Waals surface area contributed by atoms with Gasteiger partial charge in [0.05, 0.1) is 11.4 Å². The third-order valence-electron chi connectivity index (χ3n) is 5.04. The third kappa shape index (κ3) is 4.79. The number of nitrogens with zero attached hydrogens (tertiary/aromatic N) is 2. The van der Waals surface area contributed by atoms with Crippen molar-refractivity contribution < 1.29 is 0 Å². The molecule has 0 bridgehead atoms. The van der Waals surface area contributed by atoms with Gasteiger partial charge in [0.25, 0.3) is 0 Å². The first-order valence-corrected chi connectivity index (χ1v) is 10.1. The van der Waals surface area contributed by atoms with Gasteiger partial charge in [-0.25, -0.2) is 0 Å². The van der Waals surface area contributed by atoms with Crippen LogP contribution < -0.4 is 0 Å². The fourth-order valence-electron chi connectivity index (χ4n) is 3.35. The van der Waals surface area contributed by atoms with Gasteiger partial charge < -0.3 is 0 Å². The molecule has 0 fully saturated rings. The largest absolute Gasteiger partial charge is 0.257 e. The molecule has 146 valence electrons. The zero-order valence-electron chi connectivity index (χ0n) is 17.3. The third-order valence-corrected chi connectivity index (χ3v) is 5.04. The molecule has 0 saturated heterocycles. The lowest BCUT2D eigenvalue weighted by molar-refractivity contribution is 1.30. The number of aromatic nitrogens is 2. The van der Waals surface area contributed by atoms with Crippen LogP contribution in [0.4, 0.5) is 0 Å². The Balaban J connectivity index is 1.77. The van der Waals surface area contributed by atoms with Crippen LogP contribution in [0.15, 0.2) is 85.2 Å². The molecule has 0 aliphatic rings. The molecule has 0 radical (unpaired) electrons. The van der Waals surface area contributed by atoms with E-state index in [-0.39, 0.29) is 0 Å². The fourth-order valence-corrected chi connectivity index (χ4v) is 3.35. The van der Waals surface area contributed by atoms with Crippen LogP contribution in [0.1, 0.15) is 33.6 Å². The van der Waals surface area contributed by atoms with E-state index in [1.807, 2.05) is 48.8 Å². The van der Waals surface area contributed by atoms with E-state index in [9.17, 15) is 0 Å². The average molecular weight is 389 g/mol. The summed E-state index contributed by atoms with van der Waals surface area (Å²) in [4.78, 5) is 8.80. The Kier molecular flexibility index (Phi) is 5.95. The molecule has 4 aromatic rings. The maximum Gasteiger partial charge on any atom is 0.0629 e. The summed E-state index contributed by atoms with van der Waals surface area (Å²) in [7, 11) is 0. The lowest BCUT2D eigenvalue weighted by Crippen LogP contribution is -1.90. The van der Waals surface area contributed by atoms with Crippen molar-refractivity contribution in [3.63, 3.8) is 0 Å². The summed E-state index contributed by atoms with van der Waals surface area (Å²) in [6, 6.07) is 25.1. The second kappa shape index (κ2) is 9.15. The summed E-state index contributed by atoms with van der Waals surface area (Å²) >= 11 is 0. The molecule has 4 rings (SSSR count). The second-order valence-electron chi connectivity index (χ2n) is 7.34. The molecule has 2 heterocycles. The van der Waals surface area contributed by atoms with Crippen LogP contribution >= 0.6 is 0 Å². The molecular formula is C28H24N2. The van der Waals surface area contributed by atoms with Crippen LogP contribution in [0.25, 0.3) is 35.4 Å². The first-order chi connectivity index (χ1) is 14.7. The molecule has 0 atom stereocenters. The first-order valence-electron chi connectivity index (χ1n) is 10.1. The number of hydrogen-bond donors (Lipinski definition) is 0. The van der Waals surface area contributed by atoms with Gasteiger partial charge in [-0.3, -0.25) is 9.97 Å². The quantitative estimate of drug-likeness (QED) is 0.364. The smallest absolute Gasteiger partial charge is 0.0629 e.